The second-order valence-electron chi connectivity index (χ2n) is 7.46. The summed E-state index contributed by atoms with van der Waals surface area (Å²) >= 11 is 0. The third-order valence-electron chi connectivity index (χ3n) is 4.77. The molecule has 31 heavy (non-hydrogen) atoms. The van der Waals surface area contributed by atoms with Gasteiger partial charge in [0.05, 0.1) is 46.2 Å². The van der Waals surface area contributed by atoms with E-state index < -0.39 is 0 Å². The van der Waals surface area contributed by atoms with E-state index in [-0.39, 0.29) is 0 Å². The number of rotatable bonds is 23. The number of carbonyl (C=O) groups is 1. The van der Waals surface area contributed by atoms with Gasteiger partial charge in [-0.15, -0.1) is 0 Å². The van der Waals surface area contributed by atoms with Crippen LogP contribution in [-0.4, -0.2) is 65.7 Å². The fourth-order valence-electron chi connectivity index (χ4n) is 2.96. The summed E-state index contributed by atoms with van der Waals surface area (Å²) in [4.78, 5) is 10.6. The third kappa shape index (κ3) is 17.9. The van der Waals surface area contributed by atoms with Crippen molar-refractivity contribution in [3.8, 4) is 5.75 Å². The van der Waals surface area contributed by atoms with Crippen LogP contribution in [-0.2, 0) is 18.9 Å². The Balaban J connectivity index is 1.71. The maximum Gasteiger partial charge on any atom is 0.150 e. The average Bonchev–Trinajstić information content (AvgIpc) is 2.80. The van der Waals surface area contributed by atoms with E-state index in [4.69, 9.17) is 23.7 Å². The van der Waals surface area contributed by atoms with Crippen LogP contribution >= 0.6 is 0 Å². The van der Waals surface area contributed by atoms with Crippen LogP contribution < -0.4 is 4.74 Å². The Labute approximate surface area is 188 Å². The molecule has 1 rings (SSSR count). The predicted molar refractivity (Wildman–Crippen MR) is 123 cm³/mol. The zero-order chi connectivity index (χ0) is 22.2. The highest BCUT2D eigenvalue weighted by Crippen LogP contribution is 2.10. The van der Waals surface area contributed by atoms with E-state index in [1.165, 1.54) is 44.9 Å². The molecule has 6 nitrogen and oxygen atoms in total. The van der Waals surface area contributed by atoms with Gasteiger partial charge in [0.2, 0.25) is 0 Å². The van der Waals surface area contributed by atoms with Crippen LogP contribution in [0.1, 0.15) is 68.6 Å². The minimum Gasteiger partial charge on any atom is -0.491 e. The lowest BCUT2D eigenvalue weighted by Crippen LogP contribution is -2.13. The average molecular weight is 439 g/mol. The molecule has 1 aromatic carbocycles. The summed E-state index contributed by atoms with van der Waals surface area (Å²) in [7, 11) is 0. The van der Waals surface area contributed by atoms with Gasteiger partial charge in [0.25, 0.3) is 0 Å². The molecule has 0 atom stereocenters. The van der Waals surface area contributed by atoms with Crippen LogP contribution in [0.15, 0.2) is 24.3 Å². The minimum atomic E-state index is 0.461. The van der Waals surface area contributed by atoms with E-state index in [1.807, 2.05) is 0 Å². The van der Waals surface area contributed by atoms with E-state index in [0.29, 0.717) is 58.4 Å². The van der Waals surface area contributed by atoms with Crippen molar-refractivity contribution in [2.75, 3.05) is 59.5 Å². The Morgan fingerprint density at radius 2 is 1.03 bits per heavy atom. The third-order valence-corrected chi connectivity index (χ3v) is 4.77. The molecule has 0 spiro atoms. The summed E-state index contributed by atoms with van der Waals surface area (Å²) in [6.45, 7) is 7.49. The summed E-state index contributed by atoms with van der Waals surface area (Å²) in [6.07, 6.45) is 11.4. The van der Waals surface area contributed by atoms with Crippen molar-refractivity contribution in [1.82, 2.24) is 0 Å². The monoisotopic (exact) mass is 438 g/mol. The molecule has 0 aliphatic rings. The standard InChI is InChI=1S/C25H42O6/c1-2-3-4-5-6-7-8-9-14-27-15-16-28-17-18-29-19-20-30-21-22-31-25-12-10-24(23-26)11-13-25/h10-13,23H,2-9,14-22H2,1H3. The van der Waals surface area contributed by atoms with Crippen LogP contribution in [0, 0.1) is 0 Å². The van der Waals surface area contributed by atoms with Crippen molar-refractivity contribution in [2.45, 2.75) is 58.3 Å². The Morgan fingerprint density at radius 1 is 0.581 bits per heavy atom. The number of hydrogen-bond acceptors (Lipinski definition) is 6. The van der Waals surface area contributed by atoms with Gasteiger partial charge in [-0.25, -0.2) is 0 Å². The van der Waals surface area contributed by atoms with Gasteiger partial charge in [-0.05, 0) is 30.7 Å². The zero-order valence-corrected chi connectivity index (χ0v) is 19.4. The molecule has 0 N–H and O–H groups in total. The Bertz CT molecular complexity index is 505. The minimum absolute atomic E-state index is 0.461. The molecule has 1 aromatic rings. The summed E-state index contributed by atoms with van der Waals surface area (Å²) in [5.74, 6) is 0.726. The first-order chi connectivity index (χ1) is 15.4. The van der Waals surface area contributed by atoms with Crippen molar-refractivity contribution >= 4 is 6.29 Å². The van der Waals surface area contributed by atoms with Crippen LogP contribution in [0.5, 0.6) is 5.75 Å². The maximum absolute atomic E-state index is 10.6. The smallest absolute Gasteiger partial charge is 0.150 e. The Morgan fingerprint density at radius 3 is 1.55 bits per heavy atom. The molecule has 0 bridgehead atoms. The van der Waals surface area contributed by atoms with Gasteiger partial charge in [0.15, 0.2) is 0 Å². The van der Waals surface area contributed by atoms with Crippen molar-refractivity contribution in [3.05, 3.63) is 29.8 Å². The summed E-state index contributed by atoms with van der Waals surface area (Å²) in [5.41, 5.74) is 0.635. The molecule has 0 heterocycles. The van der Waals surface area contributed by atoms with E-state index in [0.717, 1.165) is 25.1 Å². The van der Waals surface area contributed by atoms with Gasteiger partial charge in [-0.3, -0.25) is 4.79 Å². The van der Waals surface area contributed by atoms with Gasteiger partial charge in [-0.2, -0.15) is 0 Å². The van der Waals surface area contributed by atoms with Crippen LogP contribution in [0.2, 0.25) is 0 Å². The predicted octanol–water partition coefficient (Wildman–Crippen LogP) is 5.09. The fourth-order valence-corrected chi connectivity index (χ4v) is 2.96. The number of unbranched alkanes of at least 4 members (excludes halogenated alkanes) is 7. The number of carbonyl (C=O) groups excluding carboxylic acids is 1. The van der Waals surface area contributed by atoms with Gasteiger partial charge in [0, 0.05) is 12.2 Å². The highest BCUT2D eigenvalue weighted by atomic mass is 16.6. The Hall–Kier alpha value is -1.47. The largest absolute Gasteiger partial charge is 0.491 e. The van der Waals surface area contributed by atoms with Gasteiger partial charge >= 0.3 is 0 Å². The van der Waals surface area contributed by atoms with Crippen molar-refractivity contribution in [3.63, 3.8) is 0 Å². The first-order valence-corrected chi connectivity index (χ1v) is 11.9. The number of ether oxygens (including phenoxy) is 5. The van der Waals surface area contributed by atoms with Gasteiger partial charge in [-0.1, -0.05) is 51.9 Å². The topological polar surface area (TPSA) is 63.2 Å². The first kappa shape index (κ1) is 27.6. The molecule has 6 heteroatoms. The highest BCUT2D eigenvalue weighted by molar-refractivity contribution is 5.74. The SMILES string of the molecule is CCCCCCCCCCOCCOCCOCCOCCOc1ccc(C=O)cc1. The van der Waals surface area contributed by atoms with Gasteiger partial charge < -0.3 is 23.7 Å². The highest BCUT2D eigenvalue weighted by Gasteiger charge is 1.96. The van der Waals surface area contributed by atoms with E-state index in [2.05, 4.69) is 6.92 Å². The lowest BCUT2D eigenvalue weighted by Gasteiger charge is -2.08. The lowest BCUT2D eigenvalue weighted by molar-refractivity contribution is -0.00487. The number of benzene rings is 1. The van der Waals surface area contributed by atoms with Crippen LogP contribution in [0.25, 0.3) is 0 Å². The second kappa shape index (κ2) is 21.8. The normalized spacial score (nSPS) is 11.0. The van der Waals surface area contributed by atoms with E-state index >= 15 is 0 Å². The summed E-state index contributed by atoms with van der Waals surface area (Å²) in [5, 5.41) is 0. The molecular weight excluding hydrogens is 396 g/mol. The number of aldehydes is 1. The molecule has 0 aromatic heterocycles. The second-order valence-corrected chi connectivity index (χ2v) is 7.46. The fraction of sp³-hybridized carbons (Fsp3) is 0.720. The number of hydrogen-bond donors (Lipinski definition) is 0. The van der Waals surface area contributed by atoms with Crippen molar-refractivity contribution < 1.29 is 28.5 Å². The maximum atomic E-state index is 10.6. The molecular formula is C25H42O6. The molecule has 0 amide bonds. The van der Waals surface area contributed by atoms with Crippen molar-refractivity contribution in [2.24, 2.45) is 0 Å². The first-order valence-electron chi connectivity index (χ1n) is 11.9. The molecule has 0 saturated carbocycles. The molecule has 0 aliphatic carbocycles. The van der Waals surface area contributed by atoms with Crippen molar-refractivity contribution in [1.29, 1.82) is 0 Å². The lowest BCUT2D eigenvalue weighted by atomic mass is 10.1. The molecule has 0 radical (unpaired) electrons. The van der Waals surface area contributed by atoms with Gasteiger partial charge in [0.1, 0.15) is 18.6 Å². The van der Waals surface area contributed by atoms with Crippen LogP contribution in [0.3, 0.4) is 0 Å². The van der Waals surface area contributed by atoms with E-state index in [1.54, 1.807) is 24.3 Å². The van der Waals surface area contributed by atoms with Crippen LogP contribution in [0.4, 0.5) is 0 Å². The molecule has 0 saturated heterocycles. The zero-order valence-electron chi connectivity index (χ0n) is 19.4. The Kier molecular flexibility index (Phi) is 19.3. The molecule has 178 valence electrons. The van der Waals surface area contributed by atoms with E-state index in [9.17, 15) is 4.79 Å². The summed E-state index contributed by atoms with van der Waals surface area (Å²) < 4.78 is 27.5. The molecule has 0 unspecified atom stereocenters. The molecule has 0 aliphatic heterocycles. The summed E-state index contributed by atoms with van der Waals surface area (Å²) in [6, 6.07) is 6.99. The molecule has 0 fully saturated rings. The quantitative estimate of drug-likeness (QED) is 0.175.